The predicted molar refractivity (Wildman–Crippen MR) is 213 cm³/mol. The molecule has 0 radical (unpaired) electrons. The Morgan fingerprint density at radius 2 is 1.14 bits per heavy atom. The summed E-state index contributed by atoms with van der Waals surface area (Å²) in [6.07, 6.45) is -13.3. The average Bonchev–Trinajstić information content (AvgIpc) is 3.30. The zero-order chi connectivity index (χ0) is 50.7. The molecule has 27 nitrogen and oxygen atoms in total. The molecule has 7 atom stereocenters. The maximum atomic E-state index is 14.6. The Labute approximate surface area is 381 Å². The lowest BCUT2D eigenvalue weighted by Crippen LogP contribution is -2.50. The van der Waals surface area contributed by atoms with Crippen molar-refractivity contribution in [3.05, 3.63) is 58.1 Å². The van der Waals surface area contributed by atoms with Crippen molar-refractivity contribution in [3.63, 3.8) is 0 Å². The molecule has 27 heteroatoms. The summed E-state index contributed by atoms with van der Waals surface area (Å²) in [5.41, 5.74) is -7.07. The van der Waals surface area contributed by atoms with E-state index >= 15 is 0 Å². The van der Waals surface area contributed by atoms with Gasteiger partial charge in [0, 0.05) is 22.6 Å². The van der Waals surface area contributed by atoms with Gasteiger partial charge >= 0.3 is 41.8 Å². The number of carbonyl (C=O) groups is 7. The van der Waals surface area contributed by atoms with Crippen LogP contribution in [0, 0.1) is 5.92 Å². The molecule has 0 aromatic heterocycles. The zero-order valence-corrected chi connectivity index (χ0v) is 34.6. The number of aliphatic hydroxyl groups excluding tert-OH is 1. The molecule has 364 valence electrons. The van der Waals surface area contributed by atoms with Crippen molar-refractivity contribution in [3.8, 4) is 80.1 Å². The van der Waals surface area contributed by atoms with E-state index in [9.17, 15) is 99.9 Å². The molecule has 13 N–H and O–H groups in total. The van der Waals surface area contributed by atoms with Crippen LogP contribution < -0.4 is 4.74 Å². The number of aliphatic carboxylic acids is 1. The van der Waals surface area contributed by atoms with Gasteiger partial charge in [-0.25, -0.2) is 24.0 Å². The number of hydrogen-bond acceptors (Lipinski definition) is 26. The normalized spacial score (nSPS) is 22.8. The lowest BCUT2D eigenvalue weighted by Gasteiger charge is -2.34. The Morgan fingerprint density at radius 3 is 1.72 bits per heavy atom. The van der Waals surface area contributed by atoms with Gasteiger partial charge < -0.3 is 99.5 Å². The van der Waals surface area contributed by atoms with Crippen molar-refractivity contribution in [2.45, 2.75) is 50.0 Å². The Bertz CT molecular complexity index is 2860. The number of esters is 6. The molecule has 0 fully saturated rings. The fraction of sp³-hybridized carbons (Fsp3) is 0.262. The highest BCUT2D eigenvalue weighted by atomic mass is 16.7. The molecule has 7 unspecified atom stereocenters. The highest BCUT2D eigenvalue weighted by Crippen LogP contribution is 2.54. The van der Waals surface area contributed by atoms with Gasteiger partial charge in [0.2, 0.25) is 29.6 Å². The summed E-state index contributed by atoms with van der Waals surface area (Å²) < 4.78 is 38.4. The van der Waals surface area contributed by atoms with Crippen molar-refractivity contribution < 1.29 is 133 Å². The van der Waals surface area contributed by atoms with Gasteiger partial charge in [-0.15, -0.1) is 0 Å². The third kappa shape index (κ3) is 8.60. The number of ether oxygens (including phenoxy) is 7. The van der Waals surface area contributed by atoms with E-state index in [2.05, 4.69) is 0 Å². The standard InChI is InChI=1S/C42H34O27/c1-10-8-63-37(58)12-4-18(45)28(51)31(54)23(12)24-13(5-19(46)29(52)32(24)55)39(60)66-21-9-64-38(59)15(7-22(48)49)25-26-14(6-20(47)30(53)35(26)68-41(62)33(25)56)40(61)67-34(21)42(65-10)69-36(57)11-2-16(43)27(50)17(44)3-11/h2-6,10,15,21,25,33-34,42-47,50-56H,7-9H2,1H3,(H,48,49). The topological polar surface area (TPSA) is 447 Å². The first-order valence-electron chi connectivity index (χ1n) is 19.5. The van der Waals surface area contributed by atoms with Crippen LogP contribution in [0.3, 0.4) is 0 Å². The number of carboxylic acids is 1. The van der Waals surface area contributed by atoms with Gasteiger partial charge in [0.15, 0.2) is 64.0 Å². The van der Waals surface area contributed by atoms with E-state index in [1.165, 1.54) is 0 Å². The third-order valence-electron chi connectivity index (χ3n) is 10.8. The molecule has 4 aromatic carbocycles. The number of carboxylic acid groups (broad SMARTS) is 1. The van der Waals surface area contributed by atoms with E-state index in [1.807, 2.05) is 0 Å². The van der Waals surface area contributed by atoms with E-state index in [0.29, 0.717) is 30.3 Å². The van der Waals surface area contributed by atoms with E-state index in [0.717, 1.165) is 6.92 Å². The van der Waals surface area contributed by atoms with Gasteiger partial charge in [0.25, 0.3) is 0 Å². The maximum absolute atomic E-state index is 14.6. The molecule has 4 aromatic rings. The minimum Gasteiger partial charge on any atom is -0.504 e. The number of fused-ring (bicyclic) bond motifs is 4. The summed E-state index contributed by atoms with van der Waals surface area (Å²) in [4.78, 5) is 96.1. The summed E-state index contributed by atoms with van der Waals surface area (Å²) in [6.45, 7) is -1.38. The predicted octanol–water partition coefficient (Wildman–Crippen LogP) is 0.636. The molecule has 3 heterocycles. The van der Waals surface area contributed by atoms with Crippen LogP contribution in [-0.2, 0) is 42.8 Å². The summed E-state index contributed by atoms with van der Waals surface area (Å²) >= 11 is 0. The molecule has 0 saturated heterocycles. The minimum absolute atomic E-state index is 0.351. The van der Waals surface area contributed by atoms with Crippen LogP contribution in [0.2, 0.25) is 0 Å². The monoisotopic (exact) mass is 970 g/mol. The van der Waals surface area contributed by atoms with Crippen LogP contribution in [0.1, 0.15) is 66.3 Å². The van der Waals surface area contributed by atoms with Gasteiger partial charge in [-0.05, 0) is 37.3 Å². The fourth-order valence-electron chi connectivity index (χ4n) is 7.57. The lowest BCUT2D eigenvalue weighted by atomic mass is 9.76. The first kappa shape index (κ1) is 47.8. The van der Waals surface area contributed by atoms with Crippen LogP contribution >= 0.6 is 0 Å². The van der Waals surface area contributed by atoms with E-state index in [4.69, 9.17) is 33.2 Å². The highest BCUT2D eigenvalue weighted by Gasteiger charge is 2.51. The second-order valence-electron chi connectivity index (χ2n) is 15.3. The van der Waals surface area contributed by atoms with Crippen molar-refractivity contribution in [1.82, 2.24) is 0 Å². The number of aliphatic hydroxyl groups is 1. The van der Waals surface area contributed by atoms with Crippen molar-refractivity contribution >= 4 is 41.8 Å². The summed E-state index contributed by atoms with van der Waals surface area (Å²) in [5, 5.41) is 137. The van der Waals surface area contributed by atoms with Gasteiger partial charge in [-0.2, -0.15) is 0 Å². The Morgan fingerprint density at radius 1 is 0.623 bits per heavy atom. The van der Waals surface area contributed by atoms with Crippen LogP contribution in [0.15, 0.2) is 30.3 Å². The number of phenols is 11. The number of benzene rings is 4. The summed E-state index contributed by atoms with van der Waals surface area (Å²) in [6, 6.07) is 2.38. The second-order valence-corrected chi connectivity index (χ2v) is 15.3. The first-order chi connectivity index (χ1) is 32.4. The molecule has 7 rings (SSSR count). The Hall–Kier alpha value is -9.11. The van der Waals surface area contributed by atoms with Crippen molar-refractivity contribution in [2.75, 3.05) is 13.2 Å². The van der Waals surface area contributed by atoms with Gasteiger partial charge in [-0.3, -0.25) is 9.59 Å². The molecule has 3 aliphatic rings. The van der Waals surface area contributed by atoms with Crippen molar-refractivity contribution in [1.29, 1.82) is 0 Å². The van der Waals surface area contributed by atoms with Gasteiger partial charge in [0.05, 0.1) is 40.7 Å². The van der Waals surface area contributed by atoms with Gasteiger partial charge in [0.1, 0.15) is 13.2 Å². The minimum atomic E-state index is -2.62. The lowest BCUT2D eigenvalue weighted by molar-refractivity contribution is -0.217. The van der Waals surface area contributed by atoms with E-state index < -0.39 is 212 Å². The molecule has 3 aliphatic heterocycles. The molecular weight excluding hydrogens is 936 g/mol. The molecule has 0 amide bonds. The van der Waals surface area contributed by atoms with Gasteiger partial charge in [-0.1, -0.05) is 0 Å². The van der Waals surface area contributed by atoms with Crippen molar-refractivity contribution in [2.24, 2.45) is 5.92 Å². The zero-order valence-electron chi connectivity index (χ0n) is 34.6. The smallest absolute Gasteiger partial charge is 0.341 e. The molecule has 0 saturated carbocycles. The van der Waals surface area contributed by atoms with Crippen LogP contribution in [0.4, 0.5) is 0 Å². The Balaban J connectivity index is 1.50. The summed E-state index contributed by atoms with van der Waals surface area (Å²) in [7, 11) is 0. The fourth-order valence-corrected chi connectivity index (χ4v) is 7.57. The third-order valence-corrected chi connectivity index (χ3v) is 10.8. The Kier molecular flexibility index (Phi) is 12.4. The van der Waals surface area contributed by atoms with Crippen LogP contribution in [0.25, 0.3) is 11.1 Å². The van der Waals surface area contributed by atoms with E-state index in [-0.39, 0.29) is 0 Å². The number of aromatic hydroxyl groups is 11. The average molecular weight is 971 g/mol. The summed E-state index contributed by atoms with van der Waals surface area (Å²) in [5.74, 6) is -31.7. The number of phenolic OH excluding ortho intramolecular Hbond substituents is 11. The molecule has 69 heavy (non-hydrogen) atoms. The van der Waals surface area contributed by atoms with E-state index in [1.54, 1.807) is 0 Å². The molecule has 0 aliphatic carbocycles. The number of hydrogen-bond donors (Lipinski definition) is 13. The molecular formula is C42H34O27. The molecule has 0 spiro atoms. The first-order valence-corrected chi connectivity index (χ1v) is 19.5. The maximum Gasteiger partial charge on any atom is 0.341 e. The second kappa shape index (κ2) is 17.9. The number of rotatable bonds is 4. The quantitative estimate of drug-likeness (QED) is 0.0577. The highest BCUT2D eigenvalue weighted by molar-refractivity contribution is 6.08. The largest absolute Gasteiger partial charge is 0.504 e. The number of carbonyl (C=O) groups excluding carboxylic acids is 6. The molecule has 0 bridgehead atoms. The number of cyclic esters (lactones) is 2. The van der Waals surface area contributed by atoms with Crippen LogP contribution in [0.5, 0.6) is 69.0 Å². The SMILES string of the molecule is CC1COC(=O)c2cc(O)c(O)c(O)c2-c2c(cc(O)c(O)c2O)C(=O)OC2COC(=O)C(CC(=O)O)C3c4c(cc(O)c(O)c4OC(=O)C3O)C(=O)OC2C(OC(=O)c2cc(O)c(O)c(O)c2)O1. The van der Waals surface area contributed by atoms with Crippen LogP contribution in [-0.4, -0.2) is 152 Å².